The fourth-order valence-electron chi connectivity index (χ4n) is 3.48. The van der Waals surface area contributed by atoms with Crippen LogP contribution in [-0.2, 0) is 9.59 Å². The number of hydrogen-bond donors (Lipinski definition) is 1. The number of ketones is 1. The summed E-state index contributed by atoms with van der Waals surface area (Å²) in [5, 5.41) is 2.88. The zero-order chi connectivity index (χ0) is 20.8. The van der Waals surface area contributed by atoms with E-state index in [9.17, 15) is 14.4 Å². The largest absolute Gasteiger partial charge is 0.325 e. The number of carbonyl (C=O) groups is 3. The molecule has 1 N–H and O–H groups in total. The molecule has 0 aliphatic carbocycles. The molecule has 2 heterocycles. The van der Waals surface area contributed by atoms with Crippen LogP contribution in [0, 0.1) is 5.92 Å². The van der Waals surface area contributed by atoms with E-state index in [0.717, 1.165) is 25.1 Å². The fourth-order valence-corrected chi connectivity index (χ4v) is 3.48. The maximum absolute atomic E-state index is 12.6. The number of nitrogens with one attached hydrogen (secondary N) is 1. The average Bonchev–Trinajstić information content (AvgIpc) is 2.74. The molecule has 1 unspecified atom stereocenters. The first-order chi connectivity index (χ1) is 13.9. The quantitative estimate of drug-likeness (QED) is 0.762. The van der Waals surface area contributed by atoms with E-state index in [4.69, 9.17) is 0 Å². The van der Waals surface area contributed by atoms with Crippen LogP contribution in [-0.4, -0.2) is 54.2 Å². The molecule has 1 fully saturated rings. The van der Waals surface area contributed by atoms with Crippen LogP contribution in [0.3, 0.4) is 0 Å². The van der Waals surface area contributed by atoms with E-state index in [-0.39, 0.29) is 30.1 Å². The second-order valence-electron chi connectivity index (χ2n) is 7.33. The molecule has 0 bridgehead atoms. The predicted octanol–water partition coefficient (Wildman–Crippen LogP) is 2.60. The number of benzene rings is 1. The van der Waals surface area contributed by atoms with Gasteiger partial charge < -0.3 is 10.2 Å². The molecule has 0 spiro atoms. The summed E-state index contributed by atoms with van der Waals surface area (Å²) in [6.07, 6.45) is 3.32. The van der Waals surface area contributed by atoms with Crippen molar-refractivity contribution in [2.75, 3.05) is 36.9 Å². The van der Waals surface area contributed by atoms with E-state index in [1.54, 1.807) is 49.6 Å². The highest BCUT2D eigenvalue weighted by molar-refractivity contribution is 5.96. The third kappa shape index (κ3) is 5.48. The van der Waals surface area contributed by atoms with Crippen molar-refractivity contribution in [1.29, 1.82) is 0 Å². The number of nitrogens with zero attached hydrogens (tertiary/aromatic N) is 3. The van der Waals surface area contributed by atoms with Crippen LogP contribution in [0.4, 0.5) is 11.4 Å². The molecule has 1 aromatic carbocycles. The van der Waals surface area contributed by atoms with Gasteiger partial charge in [0.2, 0.25) is 11.8 Å². The van der Waals surface area contributed by atoms with Crippen molar-refractivity contribution >= 4 is 29.0 Å². The number of likely N-dealkylation sites (tertiary alicyclic amines) is 1. The lowest BCUT2D eigenvalue weighted by atomic mass is 9.92. The van der Waals surface area contributed by atoms with Crippen LogP contribution < -0.4 is 10.2 Å². The van der Waals surface area contributed by atoms with Gasteiger partial charge in [0.1, 0.15) is 5.69 Å². The molecule has 1 atom stereocenters. The van der Waals surface area contributed by atoms with Crippen LogP contribution in [0.25, 0.3) is 0 Å². The predicted molar refractivity (Wildman–Crippen MR) is 112 cm³/mol. The zero-order valence-electron chi connectivity index (χ0n) is 16.8. The van der Waals surface area contributed by atoms with Gasteiger partial charge >= 0.3 is 0 Å². The molecule has 7 nitrogen and oxygen atoms in total. The Bertz CT molecular complexity index is 867. The van der Waals surface area contributed by atoms with Crippen LogP contribution in [0.15, 0.2) is 48.7 Å². The maximum atomic E-state index is 12.6. The first kappa shape index (κ1) is 20.7. The third-order valence-electron chi connectivity index (χ3n) is 5.17. The van der Waals surface area contributed by atoms with Crippen LogP contribution in [0.5, 0.6) is 0 Å². The van der Waals surface area contributed by atoms with Crippen molar-refractivity contribution in [3.8, 4) is 0 Å². The smallest absolute Gasteiger partial charge is 0.238 e. The SMILES string of the molecule is CC(=O)N(C)c1ccc(NC(=O)CN2CCCC(C(=O)c3ccccn3)C2)cc1. The Hall–Kier alpha value is -3.06. The molecule has 1 aliphatic heterocycles. The van der Waals surface area contributed by atoms with Crippen molar-refractivity contribution in [1.82, 2.24) is 9.88 Å². The van der Waals surface area contributed by atoms with Crippen LogP contribution in [0.2, 0.25) is 0 Å². The fraction of sp³-hybridized carbons (Fsp3) is 0.364. The number of Topliss-reactive ketones (excluding diaryl/α,β-unsaturated/α-hetero) is 1. The zero-order valence-corrected chi connectivity index (χ0v) is 16.8. The van der Waals surface area contributed by atoms with Gasteiger partial charge in [-0.25, -0.2) is 0 Å². The summed E-state index contributed by atoms with van der Waals surface area (Å²) in [7, 11) is 1.70. The Morgan fingerprint density at radius 2 is 1.93 bits per heavy atom. The number of rotatable bonds is 6. The van der Waals surface area contributed by atoms with Gasteiger partial charge in [0.05, 0.1) is 6.54 Å². The van der Waals surface area contributed by atoms with Gasteiger partial charge in [0.15, 0.2) is 5.78 Å². The minimum atomic E-state index is -0.132. The number of hydrogen-bond acceptors (Lipinski definition) is 5. The number of carbonyl (C=O) groups excluding carboxylic acids is 3. The Kier molecular flexibility index (Phi) is 6.72. The highest BCUT2D eigenvalue weighted by Gasteiger charge is 2.28. The lowest BCUT2D eigenvalue weighted by Gasteiger charge is -2.31. The molecule has 29 heavy (non-hydrogen) atoms. The van der Waals surface area contributed by atoms with Gasteiger partial charge in [0, 0.05) is 44.0 Å². The monoisotopic (exact) mass is 394 g/mol. The molecule has 1 aliphatic rings. The summed E-state index contributed by atoms with van der Waals surface area (Å²) in [6, 6.07) is 12.5. The molecule has 2 amide bonds. The van der Waals surface area contributed by atoms with E-state index in [2.05, 4.69) is 10.3 Å². The van der Waals surface area contributed by atoms with Gasteiger partial charge in [-0.3, -0.25) is 24.3 Å². The molecule has 1 saturated heterocycles. The van der Waals surface area contributed by atoms with E-state index in [1.165, 1.54) is 11.8 Å². The van der Waals surface area contributed by atoms with Crippen molar-refractivity contribution in [3.63, 3.8) is 0 Å². The average molecular weight is 394 g/mol. The second kappa shape index (κ2) is 9.43. The summed E-state index contributed by atoms with van der Waals surface area (Å²) < 4.78 is 0. The molecule has 0 radical (unpaired) electrons. The summed E-state index contributed by atoms with van der Waals surface area (Å²) >= 11 is 0. The standard InChI is InChI=1S/C22H26N4O3/c1-16(27)25(2)19-10-8-18(9-11-19)24-21(28)15-26-13-5-6-17(14-26)22(29)20-7-3-4-12-23-20/h3-4,7-12,17H,5-6,13-15H2,1-2H3,(H,24,28). The molecular weight excluding hydrogens is 368 g/mol. The highest BCUT2D eigenvalue weighted by atomic mass is 16.2. The van der Waals surface area contributed by atoms with Gasteiger partial charge in [-0.1, -0.05) is 6.07 Å². The van der Waals surface area contributed by atoms with Gasteiger partial charge in [-0.05, 0) is 55.8 Å². The molecule has 1 aromatic heterocycles. The summed E-state index contributed by atoms with van der Waals surface area (Å²) in [5.74, 6) is -0.265. The highest BCUT2D eigenvalue weighted by Crippen LogP contribution is 2.21. The Balaban J connectivity index is 1.54. The first-order valence-electron chi connectivity index (χ1n) is 9.76. The first-order valence-corrected chi connectivity index (χ1v) is 9.76. The number of aromatic nitrogens is 1. The Morgan fingerprint density at radius 3 is 2.59 bits per heavy atom. The molecule has 3 rings (SSSR count). The van der Waals surface area contributed by atoms with Crippen LogP contribution in [0.1, 0.15) is 30.3 Å². The van der Waals surface area contributed by atoms with Crippen molar-refractivity contribution < 1.29 is 14.4 Å². The van der Waals surface area contributed by atoms with Crippen molar-refractivity contribution in [2.45, 2.75) is 19.8 Å². The summed E-state index contributed by atoms with van der Waals surface area (Å²) in [5.41, 5.74) is 1.93. The molecule has 152 valence electrons. The van der Waals surface area contributed by atoms with E-state index < -0.39 is 0 Å². The van der Waals surface area contributed by atoms with E-state index in [0.29, 0.717) is 17.9 Å². The number of piperidine rings is 1. The molecule has 0 saturated carbocycles. The lowest BCUT2D eigenvalue weighted by molar-refractivity contribution is -0.118. The maximum Gasteiger partial charge on any atom is 0.238 e. The lowest BCUT2D eigenvalue weighted by Crippen LogP contribution is -2.42. The topological polar surface area (TPSA) is 82.6 Å². The number of anilines is 2. The summed E-state index contributed by atoms with van der Waals surface area (Å²) in [6.45, 7) is 3.09. The van der Waals surface area contributed by atoms with Crippen molar-refractivity contribution in [2.24, 2.45) is 5.92 Å². The third-order valence-corrected chi connectivity index (χ3v) is 5.17. The van der Waals surface area contributed by atoms with Gasteiger partial charge in [0.25, 0.3) is 0 Å². The van der Waals surface area contributed by atoms with E-state index >= 15 is 0 Å². The molecule has 2 aromatic rings. The minimum absolute atomic E-state index is 0.0425. The van der Waals surface area contributed by atoms with Gasteiger partial charge in [-0.2, -0.15) is 0 Å². The second-order valence-corrected chi connectivity index (χ2v) is 7.33. The number of pyridine rings is 1. The Morgan fingerprint density at radius 1 is 1.17 bits per heavy atom. The van der Waals surface area contributed by atoms with E-state index in [1.807, 2.05) is 11.0 Å². The van der Waals surface area contributed by atoms with Crippen molar-refractivity contribution in [3.05, 3.63) is 54.4 Å². The number of amides is 2. The Labute approximate surface area is 170 Å². The van der Waals surface area contributed by atoms with Gasteiger partial charge in [-0.15, -0.1) is 0 Å². The minimum Gasteiger partial charge on any atom is -0.325 e. The molecule has 7 heteroatoms. The molecular formula is C22H26N4O3. The van der Waals surface area contributed by atoms with Crippen LogP contribution >= 0.6 is 0 Å². The normalized spacial score (nSPS) is 16.8. The summed E-state index contributed by atoms with van der Waals surface area (Å²) in [4.78, 5) is 44.2.